The van der Waals surface area contributed by atoms with Gasteiger partial charge in [-0.3, -0.25) is 0 Å². The first-order chi connectivity index (χ1) is 16.3. The van der Waals surface area contributed by atoms with E-state index in [-0.39, 0.29) is 35.8 Å². The first-order valence-electron chi connectivity index (χ1n) is 9.82. The van der Waals surface area contributed by atoms with Gasteiger partial charge in [0, 0.05) is 0 Å². The fraction of sp³-hybridized carbons (Fsp3) is 0.167. The van der Waals surface area contributed by atoms with Crippen LogP contribution >= 0.6 is 0 Å². The number of esters is 2. The van der Waals surface area contributed by atoms with E-state index in [4.69, 9.17) is 9.47 Å². The highest BCUT2D eigenvalue weighted by atomic mass is 19.3. The van der Waals surface area contributed by atoms with Crippen molar-refractivity contribution in [2.75, 3.05) is 0 Å². The number of halogens is 4. The lowest BCUT2D eigenvalue weighted by Gasteiger charge is -2.09. The van der Waals surface area contributed by atoms with Crippen LogP contribution in [-0.4, -0.2) is 25.2 Å². The Morgan fingerprint density at radius 3 is 1.18 bits per heavy atom. The number of hydrogen-bond acceptors (Lipinski definition) is 6. The molecule has 0 aromatic heterocycles. The van der Waals surface area contributed by atoms with Crippen molar-refractivity contribution in [3.63, 3.8) is 0 Å². The van der Waals surface area contributed by atoms with Crippen LogP contribution in [0.25, 0.3) is 0 Å². The lowest BCUT2D eigenvalue weighted by Crippen LogP contribution is -2.07. The summed E-state index contributed by atoms with van der Waals surface area (Å²) < 4.78 is 67.5. The number of alkyl halides is 4. The molecule has 178 valence electrons. The SMILES string of the molecule is O=C(OCc1ccc(COC(=O)c2ccc(OC(F)F)cc2)cc1)c1ccc(OC(F)F)cc1. The van der Waals surface area contributed by atoms with Crippen molar-refractivity contribution in [3.05, 3.63) is 95.1 Å². The molecule has 3 aromatic carbocycles. The summed E-state index contributed by atoms with van der Waals surface area (Å²) in [4.78, 5) is 24.2. The lowest BCUT2D eigenvalue weighted by atomic mass is 10.1. The van der Waals surface area contributed by atoms with Gasteiger partial charge in [0.25, 0.3) is 0 Å². The summed E-state index contributed by atoms with van der Waals surface area (Å²) in [7, 11) is 0. The van der Waals surface area contributed by atoms with Crippen LogP contribution in [0.15, 0.2) is 72.8 Å². The molecule has 0 radical (unpaired) electrons. The number of rotatable bonds is 10. The Labute approximate surface area is 191 Å². The summed E-state index contributed by atoms with van der Waals surface area (Å²) in [5, 5.41) is 0. The second-order valence-corrected chi connectivity index (χ2v) is 6.77. The molecular weight excluding hydrogens is 460 g/mol. The summed E-state index contributed by atoms with van der Waals surface area (Å²) in [6.45, 7) is -5.96. The van der Waals surface area contributed by atoms with E-state index in [9.17, 15) is 27.2 Å². The Hall–Kier alpha value is -4.08. The van der Waals surface area contributed by atoms with Gasteiger partial charge in [0.15, 0.2) is 0 Å². The third-order valence-electron chi connectivity index (χ3n) is 4.39. The van der Waals surface area contributed by atoms with Crippen molar-refractivity contribution in [1.82, 2.24) is 0 Å². The van der Waals surface area contributed by atoms with E-state index in [1.165, 1.54) is 48.5 Å². The summed E-state index contributed by atoms with van der Waals surface area (Å²) >= 11 is 0. The fourth-order valence-electron chi connectivity index (χ4n) is 2.74. The molecule has 0 fully saturated rings. The van der Waals surface area contributed by atoms with Crippen molar-refractivity contribution in [2.45, 2.75) is 26.4 Å². The Balaban J connectivity index is 1.45. The summed E-state index contributed by atoms with van der Waals surface area (Å²) in [5.74, 6) is -1.40. The minimum Gasteiger partial charge on any atom is -0.457 e. The molecule has 3 rings (SSSR count). The van der Waals surface area contributed by atoms with Gasteiger partial charge in [0.05, 0.1) is 11.1 Å². The smallest absolute Gasteiger partial charge is 0.387 e. The predicted molar refractivity (Wildman–Crippen MR) is 111 cm³/mol. The first kappa shape index (κ1) is 24.6. The third kappa shape index (κ3) is 7.51. The van der Waals surface area contributed by atoms with Gasteiger partial charge in [-0.1, -0.05) is 24.3 Å². The average molecular weight is 478 g/mol. The maximum absolute atomic E-state index is 12.2. The van der Waals surface area contributed by atoms with E-state index in [0.717, 1.165) is 0 Å². The van der Waals surface area contributed by atoms with Crippen molar-refractivity contribution in [1.29, 1.82) is 0 Å². The molecule has 0 aliphatic carbocycles. The molecule has 3 aromatic rings. The van der Waals surface area contributed by atoms with Crippen LogP contribution < -0.4 is 9.47 Å². The molecule has 0 N–H and O–H groups in total. The highest BCUT2D eigenvalue weighted by Gasteiger charge is 2.11. The highest BCUT2D eigenvalue weighted by molar-refractivity contribution is 5.90. The van der Waals surface area contributed by atoms with E-state index in [0.29, 0.717) is 11.1 Å². The Morgan fingerprint density at radius 2 is 0.882 bits per heavy atom. The van der Waals surface area contributed by atoms with Gasteiger partial charge in [-0.25, -0.2) is 9.59 Å². The molecule has 0 bridgehead atoms. The second-order valence-electron chi connectivity index (χ2n) is 6.77. The average Bonchev–Trinajstić information content (AvgIpc) is 2.82. The van der Waals surface area contributed by atoms with E-state index >= 15 is 0 Å². The van der Waals surface area contributed by atoms with Gasteiger partial charge in [-0.2, -0.15) is 17.6 Å². The predicted octanol–water partition coefficient (Wildman–Crippen LogP) is 5.60. The molecule has 34 heavy (non-hydrogen) atoms. The molecule has 0 aliphatic rings. The molecule has 0 spiro atoms. The van der Waals surface area contributed by atoms with Crippen molar-refractivity contribution >= 4 is 11.9 Å². The summed E-state index contributed by atoms with van der Waals surface area (Å²) in [6, 6.07) is 17.0. The lowest BCUT2D eigenvalue weighted by molar-refractivity contribution is -0.0505. The van der Waals surface area contributed by atoms with E-state index in [1.54, 1.807) is 24.3 Å². The van der Waals surface area contributed by atoms with Crippen molar-refractivity contribution < 1.29 is 46.1 Å². The summed E-state index contributed by atoms with van der Waals surface area (Å²) in [6.07, 6.45) is 0. The molecule has 6 nitrogen and oxygen atoms in total. The maximum Gasteiger partial charge on any atom is 0.387 e. The topological polar surface area (TPSA) is 71.1 Å². The normalized spacial score (nSPS) is 10.8. The fourth-order valence-corrected chi connectivity index (χ4v) is 2.74. The zero-order valence-corrected chi connectivity index (χ0v) is 17.5. The van der Waals surface area contributed by atoms with Crippen LogP contribution in [0.5, 0.6) is 11.5 Å². The van der Waals surface area contributed by atoms with Crippen LogP contribution in [0.3, 0.4) is 0 Å². The highest BCUT2D eigenvalue weighted by Crippen LogP contribution is 2.17. The van der Waals surface area contributed by atoms with E-state index in [2.05, 4.69) is 9.47 Å². The van der Waals surface area contributed by atoms with Crippen LogP contribution in [0.2, 0.25) is 0 Å². The van der Waals surface area contributed by atoms with Gasteiger partial charge in [0.2, 0.25) is 0 Å². The molecule has 0 aliphatic heterocycles. The van der Waals surface area contributed by atoms with E-state index < -0.39 is 25.2 Å². The molecule has 0 heterocycles. The van der Waals surface area contributed by atoms with Crippen molar-refractivity contribution in [2.24, 2.45) is 0 Å². The summed E-state index contributed by atoms with van der Waals surface area (Å²) in [5.41, 5.74) is 1.71. The zero-order valence-electron chi connectivity index (χ0n) is 17.5. The first-order valence-corrected chi connectivity index (χ1v) is 9.82. The zero-order chi connectivity index (χ0) is 24.5. The molecule has 0 saturated carbocycles. The number of hydrogen-bond donors (Lipinski definition) is 0. The third-order valence-corrected chi connectivity index (χ3v) is 4.39. The van der Waals surface area contributed by atoms with Gasteiger partial charge >= 0.3 is 25.2 Å². The minimum absolute atomic E-state index is 0.0266. The number of ether oxygens (including phenoxy) is 4. The van der Waals surface area contributed by atoms with E-state index in [1.807, 2.05) is 0 Å². The van der Waals surface area contributed by atoms with Crippen LogP contribution in [0.4, 0.5) is 17.6 Å². The van der Waals surface area contributed by atoms with Gasteiger partial charge in [-0.05, 0) is 59.7 Å². The van der Waals surface area contributed by atoms with Crippen LogP contribution in [-0.2, 0) is 22.7 Å². The molecule has 0 saturated heterocycles. The molecule has 0 amide bonds. The molecule has 0 unspecified atom stereocenters. The van der Waals surface area contributed by atoms with Crippen molar-refractivity contribution in [3.8, 4) is 11.5 Å². The Morgan fingerprint density at radius 1 is 0.559 bits per heavy atom. The Bertz CT molecular complexity index is 995. The van der Waals surface area contributed by atoms with Crippen LogP contribution in [0, 0.1) is 0 Å². The molecule has 0 atom stereocenters. The van der Waals surface area contributed by atoms with Gasteiger partial charge in [-0.15, -0.1) is 0 Å². The quantitative estimate of drug-likeness (QED) is 0.279. The van der Waals surface area contributed by atoms with Gasteiger partial charge in [0.1, 0.15) is 24.7 Å². The maximum atomic E-state index is 12.2. The molecule has 10 heteroatoms. The molecular formula is C24H18F4O6. The minimum atomic E-state index is -2.95. The van der Waals surface area contributed by atoms with Gasteiger partial charge < -0.3 is 18.9 Å². The monoisotopic (exact) mass is 478 g/mol. The number of carbonyl (C=O) groups excluding carboxylic acids is 2. The largest absolute Gasteiger partial charge is 0.457 e. The number of carbonyl (C=O) groups is 2. The second kappa shape index (κ2) is 11.7. The number of benzene rings is 3. The van der Waals surface area contributed by atoms with Crippen LogP contribution in [0.1, 0.15) is 31.8 Å². The standard InChI is InChI=1S/C24H18F4O6/c25-23(26)33-19-9-5-17(6-10-19)21(29)31-13-15-1-2-16(4-3-15)14-32-22(30)18-7-11-20(12-8-18)34-24(27)28/h1-12,23-24H,13-14H2. The Kier molecular flexibility index (Phi) is 8.44.